The van der Waals surface area contributed by atoms with Crippen LogP contribution in [0, 0.1) is 0 Å². The number of nitrogens with zero attached hydrogens (tertiary/aromatic N) is 3. The van der Waals surface area contributed by atoms with Crippen LogP contribution >= 0.6 is 0 Å². The number of carbonyl (C=O) groups is 1. The fourth-order valence-corrected chi connectivity index (χ4v) is 2.27. The molecule has 0 N–H and O–H groups in total. The van der Waals surface area contributed by atoms with Gasteiger partial charge < -0.3 is 4.74 Å². The number of hydrogen-bond acceptors (Lipinski definition) is 4. The minimum atomic E-state index is -0.226. The summed E-state index contributed by atoms with van der Waals surface area (Å²) in [7, 11) is 0. The van der Waals surface area contributed by atoms with Crippen LogP contribution < -0.4 is 4.74 Å². The van der Waals surface area contributed by atoms with E-state index in [2.05, 4.69) is 17.2 Å². The van der Waals surface area contributed by atoms with Gasteiger partial charge in [-0.3, -0.25) is 4.79 Å². The van der Waals surface area contributed by atoms with Crippen LogP contribution in [0.1, 0.15) is 56.7 Å². The number of ether oxygens (including phenoxy) is 1. The van der Waals surface area contributed by atoms with Crippen LogP contribution in [0.3, 0.4) is 0 Å². The van der Waals surface area contributed by atoms with Crippen LogP contribution in [-0.4, -0.2) is 27.9 Å². The van der Waals surface area contributed by atoms with Crippen molar-refractivity contribution in [3.05, 3.63) is 35.7 Å². The summed E-state index contributed by atoms with van der Waals surface area (Å²) in [5.74, 6) is 0.838. The second-order valence-electron chi connectivity index (χ2n) is 6.30. The molecule has 2 rings (SSSR count). The summed E-state index contributed by atoms with van der Waals surface area (Å²) in [6, 6.07) is 7.69. The molecule has 0 radical (unpaired) electrons. The highest BCUT2D eigenvalue weighted by Gasteiger charge is 2.25. The first-order chi connectivity index (χ1) is 10.5. The second kappa shape index (κ2) is 6.73. The summed E-state index contributed by atoms with van der Waals surface area (Å²) in [5.41, 5.74) is 1.84. The van der Waals surface area contributed by atoms with E-state index >= 15 is 0 Å². The molecule has 118 valence electrons. The van der Waals surface area contributed by atoms with Crippen molar-refractivity contribution in [1.82, 2.24) is 15.0 Å². The van der Waals surface area contributed by atoms with E-state index in [9.17, 15) is 4.79 Å². The molecule has 1 heterocycles. The van der Waals surface area contributed by atoms with E-state index in [0.717, 1.165) is 42.9 Å². The molecule has 0 bridgehead atoms. The zero-order valence-electron chi connectivity index (χ0n) is 13.7. The molecule has 1 aromatic carbocycles. The minimum absolute atomic E-state index is 0.226. The molecule has 1 aromatic heterocycles. The summed E-state index contributed by atoms with van der Waals surface area (Å²) in [6.07, 6.45) is 2.91. The van der Waals surface area contributed by atoms with Gasteiger partial charge in [0.15, 0.2) is 6.29 Å². The Labute approximate surface area is 131 Å². The Morgan fingerprint density at radius 1 is 1.23 bits per heavy atom. The van der Waals surface area contributed by atoms with Crippen LogP contribution in [0.5, 0.6) is 5.75 Å². The molecule has 0 aliphatic carbocycles. The fourth-order valence-electron chi connectivity index (χ4n) is 2.27. The van der Waals surface area contributed by atoms with Crippen molar-refractivity contribution in [3.63, 3.8) is 0 Å². The van der Waals surface area contributed by atoms with Crippen LogP contribution in [0.4, 0.5) is 0 Å². The second-order valence-corrected chi connectivity index (χ2v) is 6.30. The van der Waals surface area contributed by atoms with Gasteiger partial charge in [0.05, 0.1) is 18.0 Å². The predicted octanol–water partition coefficient (Wildman–Crippen LogP) is 3.56. The van der Waals surface area contributed by atoms with Gasteiger partial charge >= 0.3 is 0 Å². The molecule has 5 heteroatoms. The fraction of sp³-hybridized carbons (Fsp3) is 0.471. The topological polar surface area (TPSA) is 57.0 Å². The van der Waals surface area contributed by atoms with E-state index in [4.69, 9.17) is 4.74 Å². The van der Waals surface area contributed by atoms with Gasteiger partial charge in [0, 0.05) is 5.41 Å². The van der Waals surface area contributed by atoms with E-state index in [1.807, 2.05) is 45.0 Å². The molecular weight excluding hydrogens is 278 g/mol. The molecule has 0 aliphatic rings. The predicted molar refractivity (Wildman–Crippen MR) is 85.8 cm³/mol. The molecule has 22 heavy (non-hydrogen) atoms. The Morgan fingerprint density at radius 2 is 1.91 bits per heavy atom. The average Bonchev–Trinajstić information content (AvgIpc) is 2.92. The summed E-state index contributed by atoms with van der Waals surface area (Å²) in [6.45, 7) is 8.98. The molecule has 5 nitrogen and oxygen atoms in total. The molecular formula is C17H23N3O2. The van der Waals surface area contributed by atoms with Gasteiger partial charge in [-0.25, -0.2) is 4.68 Å². The maximum Gasteiger partial charge on any atom is 0.172 e. The van der Waals surface area contributed by atoms with Crippen molar-refractivity contribution in [2.24, 2.45) is 0 Å². The first kappa shape index (κ1) is 16.2. The normalized spacial score (nSPS) is 11.5. The van der Waals surface area contributed by atoms with E-state index in [1.54, 1.807) is 4.68 Å². The SMILES string of the molecule is CCCCOc1ccc(-n2nnc(C=O)c2C(C)(C)C)cc1. The lowest BCUT2D eigenvalue weighted by atomic mass is 9.90. The first-order valence-corrected chi connectivity index (χ1v) is 7.62. The summed E-state index contributed by atoms with van der Waals surface area (Å²) in [5, 5.41) is 8.10. The number of aldehydes is 1. The molecule has 0 unspecified atom stereocenters. The summed E-state index contributed by atoms with van der Waals surface area (Å²) < 4.78 is 7.38. The van der Waals surface area contributed by atoms with Gasteiger partial charge in [0.2, 0.25) is 0 Å². The van der Waals surface area contributed by atoms with Crippen molar-refractivity contribution in [2.75, 3.05) is 6.61 Å². The van der Waals surface area contributed by atoms with E-state index in [1.165, 1.54) is 0 Å². The number of carbonyl (C=O) groups excluding carboxylic acids is 1. The summed E-state index contributed by atoms with van der Waals surface area (Å²) >= 11 is 0. The number of aromatic nitrogens is 3. The molecule has 0 atom stereocenters. The highest BCUT2D eigenvalue weighted by molar-refractivity contribution is 5.74. The number of unbranched alkanes of at least 4 members (excludes halogenated alkanes) is 1. The molecule has 2 aromatic rings. The molecule has 0 aliphatic heterocycles. The van der Waals surface area contributed by atoms with E-state index in [0.29, 0.717) is 5.69 Å². The molecule has 0 spiro atoms. The van der Waals surface area contributed by atoms with Gasteiger partial charge in [-0.2, -0.15) is 0 Å². The van der Waals surface area contributed by atoms with Crippen LogP contribution in [0.2, 0.25) is 0 Å². The number of rotatable bonds is 6. The zero-order chi connectivity index (χ0) is 16.2. The van der Waals surface area contributed by atoms with Crippen molar-refractivity contribution in [3.8, 4) is 11.4 Å². The molecule has 0 fully saturated rings. The van der Waals surface area contributed by atoms with Gasteiger partial charge in [-0.1, -0.05) is 39.3 Å². The monoisotopic (exact) mass is 301 g/mol. The van der Waals surface area contributed by atoms with Crippen molar-refractivity contribution >= 4 is 6.29 Å². The maximum atomic E-state index is 11.2. The largest absolute Gasteiger partial charge is 0.494 e. The Hall–Kier alpha value is -2.17. The van der Waals surface area contributed by atoms with Gasteiger partial charge in [-0.05, 0) is 30.7 Å². The zero-order valence-corrected chi connectivity index (χ0v) is 13.7. The molecule has 0 amide bonds. The van der Waals surface area contributed by atoms with Gasteiger partial charge in [0.1, 0.15) is 11.4 Å². The maximum absolute atomic E-state index is 11.2. The highest BCUT2D eigenvalue weighted by Crippen LogP contribution is 2.27. The third-order valence-corrected chi connectivity index (χ3v) is 3.37. The van der Waals surface area contributed by atoms with Gasteiger partial charge in [0.25, 0.3) is 0 Å². The Kier molecular flexibility index (Phi) is 4.96. The lowest BCUT2D eigenvalue weighted by Crippen LogP contribution is -2.19. The van der Waals surface area contributed by atoms with Crippen molar-refractivity contribution < 1.29 is 9.53 Å². The smallest absolute Gasteiger partial charge is 0.172 e. The number of benzene rings is 1. The lowest BCUT2D eigenvalue weighted by Gasteiger charge is -2.20. The standard InChI is InChI=1S/C17H23N3O2/c1-5-6-11-22-14-9-7-13(8-10-14)20-16(17(2,3)4)15(12-21)18-19-20/h7-10,12H,5-6,11H2,1-4H3. The summed E-state index contributed by atoms with van der Waals surface area (Å²) in [4.78, 5) is 11.2. The minimum Gasteiger partial charge on any atom is -0.494 e. The molecule has 0 saturated carbocycles. The average molecular weight is 301 g/mol. The van der Waals surface area contributed by atoms with Gasteiger partial charge in [-0.15, -0.1) is 5.10 Å². The lowest BCUT2D eigenvalue weighted by molar-refractivity contribution is 0.111. The first-order valence-electron chi connectivity index (χ1n) is 7.62. The Bertz CT molecular complexity index is 624. The van der Waals surface area contributed by atoms with Crippen molar-refractivity contribution in [2.45, 2.75) is 46.0 Å². The van der Waals surface area contributed by atoms with E-state index in [-0.39, 0.29) is 5.41 Å². The van der Waals surface area contributed by atoms with Crippen LogP contribution in [0.25, 0.3) is 5.69 Å². The molecule has 0 saturated heterocycles. The Morgan fingerprint density at radius 3 is 2.45 bits per heavy atom. The van der Waals surface area contributed by atoms with Crippen molar-refractivity contribution in [1.29, 1.82) is 0 Å². The quantitative estimate of drug-likeness (QED) is 0.604. The highest BCUT2D eigenvalue weighted by atomic mass is 16.5. The van der Waals surface area contributed by atoms with Crippen LogP contribution in [0.15, 0.2) is 24.3 Å². The van der Waals surface area contributed by atoms with Crippen LogP contribution in [-0.2, 0) is 5.41 Å². The third-order valence-electron chi connectivity index (χ3n) is 3.37. The Balaban J connectivity index is 2.29. The third kappa shape index (κ3) is 3.53. The van der Waals surface area contributed by atoms with E-state index < -0.39 is 0 Å². The number of hydrogen-bond donors (Lipinski definition) is 0.